The minimum absolute atomic E-state index is 0.0122. The van der Waals surface area contributed by atoms with Gasteiger partial charge >= 0.3 is 0 Å². The normalized spacial score (nSPS) is 27.5. The van der Waals surface area contributed by atoms with E-state index < -0.39 is 11.5 Å². The summed E-state index contributed by atoms with van der Waals surface area (Å²) in [4.78, 5) is 12.3. The SMILES string of the molecule is CC(=O)[C@H]1[C@H](c2ccc(C)cc2)c2c(noc2C)C[C@@]1(C)O. The molecule has 4 nitrogen and oxygen atoms in total. The summed E-state index contributed by atoms with van der Waals surface area (Å²) in [6.07, 6.45) is 0.340. The van der Waals surface area contributed by atoms with Gasteiger partial charge in [0, 0.05) is 17.9 Å². The van der Waals surface area contributed by atoms with Gasteiger partial charge in [0.05, 0.1) is 17.2 Å². The van der Waals surface area contributed by atoms with Crippen molar-refractivity contribution < 1.29 is 14.4 Å². The summed E-state index contributed by atoms with van der Waals surface area (Å²) in [5.41, 5.74) is 2.75. The summed E-state index contributed by atoms with van der Waals surface area (Å²) in [5.74, 6) is -0.00643. The molecule has 22 heavy (non-hydrogen) atoms. The van der Waals surface area contributed by atoms with Crippen LogP contribution in [0, 0.1) is 19.8 Å². The van der Waals surface area contributed by atoms with Crippen molar-refractivity contribution in [3.05, 3.63) is 52.4 Å². The number of carbonyl (C=O) groups is 1. The number of hydrogen-bond donors (Lipinski definition) is 1. The molecule has 116 valence electrons. The third-order valence-corrected chi connectivity index (χ3v) is 4.70. The first-order valence-corrected chi connectivity index (χ1v) is 7.55. The second-order valence-electron chi connectivity index (χ2n) is 6.61. The molecule has 0 unspecified atom stereocenters. The number of ketones is 1. The Morgan fingerprint density at radius 1 is 1.32 bits per heavy atom. The van der Waals surface area contributed by atoms with Gasteiger partial charge in [-0.15, -0.1) is 0 Å². The fourth-order valence-corrected chi connectivity index (χ4v) is 3.73. The minimum Gasteiger partial charge on any atom is -0.389 e. The first kappa shape index (κ1) is 15.0. The van der Waals surface area contributed by atoms with Crippen molar-refractivity contribution in [1.29, 1.82) is 0 Å². The Morgan fingerprint density at radius 3 is 2.55 bits per heavy atom. The van der Waals surface area contributed by atoms with Gasteiger partial charge in [-0.05, 0) is 33.3 Å². The third kappa shape index (κ3) is 2.28. The smallest absolute Gasteiger partial charge is 0.137 e. The molecule has 1 N–H and O–H groups in total. The molecular weight excluding hydrogens is 278 g/mol. The van der Waals surface area contributed by atoms with Gasteiger partial charge in [0.15, 0.2) is 0 Å². The van der Waals surface area contributed by atoms with Crippen LogP contribution in [-0.2, 0) is 11.2 Å². The Kier molecular flexibility index (Phi) is 3.44. The highest BCUT2D eigenvalue weighted by Gasteiger charge is 2.49. The Bertz CT molecular complexity index is 712. The quantitative estimate of drug-likeness (QED) is 0.926. The van der Waals surface area contributed by atoms with E-state index in [2.05, 4.69) is 5.16 Å². The maximum atomic E-state index is 12.3. The molecule has 0 fully saturated rings. The lowest BCUT2D eigenvalue weighted by Crippen LogP contribution is -2.48. The zero-order chi connectivity index (χ0) is 16.1. The van der Waals surface area contributed by atoms with Crippen molar-refractivity contribution in [2.75, 3.05) is 0 Å². The molecule has 1 heterocycles. The van der Waals surface area contributed by atoms with Crippen molar-refractivity contribution in [1.82, 2.24) is 5.16 Å². The molecule has 1 aliphatic carbocycles. The van der Waals surface area contributed by atoms with Gasteiger partial charge in [-0.25, -0.2) is 0 Å². The molecular formula is C18H21NO3. The fraction of sp³-hybridized carbons (Fsp3) is 0.444. The highest BCUT2D eigenvalue weighted by Crippen LogP contribution is 2.47. The summed E-state index contributed by atoms with van der Waals surface area (Å²) >= 11 is 0. The lowest BCUT2D eigenvalue weighted by Gasteiger charge is -2.40. The second-order valence-corrected chi connectivity index (χ2v) is 6.61. The van der Waals surface area contributed by atoms with Crippen LogP contribution in [0.1, 0.15) is 47.9 Å². The van der Waals surface area contributed by atoms with Crippen LogP contribution < -0.4 is 0 Å². The maximum Gasteiger partial charge on any atom is 0.137 e. The van der Waals surface area contributed by atoms with Crippen LogP contribution in [0.4, 0.5) is 0 Å². The van der Waals surface area contributed by atoms with Crippen molar-refractivity contribution in [3.63, 3.8) is 0 Å². The van der Waals surface area contributed by atoms with Crippen LogP contribution in [0.2, 0.25) is 0 Å². The summed E-state index contributed by atoms with van der Waals surface area (Å²) in [6.45, 7) is 7.16. The van der Waals surface area contributed by atoms with Gasteiger partial charge in [0.2, 0.25) is 0 Å². The number of nitrogens with zero attached hydrogens (tertiary/aromatic N) is 1. The molecule has 4 heteroatoms. The van der Waals surface area contributed by atoms with E-state index in [0.717, 1.165) is 28.1 Å². The molecule has 2 aromatic rings. The zero-order valence-corrected chi connectivity index (χ0v) is 13.4. The predicted octanol–water partition coefficient (Wildman–Crippen LogP) is 2.94. The average Bonchev–Trinajstić information content (AvgIpc) is 2.77. The van der Waals surface area contributed by atoms with Crippen LogP contribution in [-0.4, -0.2) is 21.6 Å². The number of benzene rings is 1. The number of aryl methyl sites for hydroxylation is 2. The standard InChI is InChI=1S/C18H21NO3/c1-10-5-7-13(8-6-10)16-15-12(3)22-19-14(15)9-18(4,21)17(16)11(2)20/h5-8,16-17,21H,9H2,1-4H3/t16-,17+,18-/m1/s1. The number of rotatable bonds is 2. The Labute approximate surface area is 130 Å². The first-order valence-electron chi connectivity index (χ1n) is 7.55. The molecule has 0 radical (unpaired) electrons. The number of hydrogen-bond acceptors (Lipinski definition) is 4. The van der Waals surface area contributed by atoms with Crippen molar-refractivity contribution in [3.8, 4) is 0 Å². The van der Waals surface area contributed by atoms with Crippen LogP contribution in [0.25, 0.3) is 0 Å². The second kappa shape index (κ2) is 5.06. The van der Waals surface area contributed by atoms with Gasteiger partial charge < -0.3 is 9.63 Å². The topological polar surface area (TPSA) is 63.3 Å². The summed E-state index contributed by atoms with van der Waals surface area (Å²) < 4.78 is 5.34. The Hall–Kier alpha value is -1.94. The van der Waals surface area contributed by atoms with E-state index in [9.17, 15) is 9.90 Å². The van der Waals surface area contributed by atoms with Crippen LogP contribution in [0.3, 0.4) is 0 Å². The van der Waals surface area contributed by atoms with Gasteiger partial charge in [-0.2, -0.15) is 0 Å². The highest BCUT2D eigenvalue weighted by molar-refractivity contribution is 5.82. The van der Waals surface area contributed by atoms with E-state index in [1.165, 1.54) is 0 Å². The maximum absolute atomic E-state index is 12.3. The molecule has 0 saturated carbocycles. The molecule has 1 aromatic carbocycles. The molecule has 3 atom stereocenters. The Morgan fingerprint density at radius 2 is 1.95 bits per heavy atom. The Balaban J connectivity index is 2.23. The van der Waals surface area contributed by atoms with E-state index in [1.807, 2.05) is 38.1 Å². The average molecular weight is 299 g/mol. The first-order chi connectivity index (χ1) is 10.3. The van der Waals surface area contributed by atoms with Gasteiger partial charge in [-0.1, -0.05) is 35.0 Å². The zero-order valence-electron chi connectivity index (χ0n) is 13.4. The van der Waals surface area contributed by atoms with E-state index in [-0.39, 0.29) is 11.7 Å². The summed E-state index contributed by atoms with van der Waals surface area (Å²) in [7, 11) is 0. The van der Waals surface area contributed by atoms with Crippen LogP contribution in [0.15, 0.2) is 28.8 Å². The number of Topliss-reactive ketones (excluding diaryl/α,β-unsaturated/α-hetero) is 1. The molecule has 0 bridgehead atoms. The predicted molar refractivity (Wildman–Crippen MR) is 82.8 cm³/mol. The number of aromatic nitrogens is 1. The number of carbonyl (C=O) groups excluding carboxylic acids is 1. The van der Waals surface area contributed by atoms with E-state index in [0.29, 0.717) is 6.42 Å². The van der Waals surface area contributed by atoms with Gasteiger partial charge in [0.25, 0.3) is 0 Å². The number of fused-ring (bicyclic) bond motifs is 1. The van der Waals surface area contributed by atoms with Crippen molar-refractivity contribution >= 4 is 5.78 Å². The number of aliphatic hydroxyl groups is 1. The molecule has 1 aromatic heterocycles. The van der Waals surface area contributed by atoms with E-state index in [1.54, 1.807) is 13.8 Å². The molecule has 1 aliphatic rings. The highest BCUT2D eigenvalue weighted by atomic mass is 16.5. The summed E-state index contributed by atoms with van der Waals surface area (Å²) in [5, 5.41) is 14.9. The molecule has 3 rings (SSSR count). The van der Waals surface area contributed by atoms with Crippen molar-refractivity contribution in [2.45, 2.75) is 45.6 Å². The fourth-order valence-electron chi connectivity index (χ4n) is 3.73. The molecule has 0 spiro atoms. The monoisotopic (exact) mass is 299 g/mol. The summed E-state index contributed by atoms with van der Waals surface area (Å²) in [6, 6.07) is 8.10. The largest absolute Gasteiger partial charge is 0.389 e. The van der Waals surface area contributed by atoms with Crippen molar-refractivity contribution in [2.24, 2.45) is 5.92 Å². The van der Waals surface area contributed by atoms with Gasteiger partial charge in [-0.3, -0.25) is 4.79 Å². The van der Waals surface area contributed by atoms with E-state index in [4.69, 9.17) is 4.52 Å². The molecule has 0 aliphatic heterocycles. The molecule has 0 amide bonds. The lowest BCUT2D eigenvalue weighted by atomic mass is 9.64. The molecule has 0 saturated heterocycles. The van der Waals surface area contributed by atoms with Crippen LogP contribution in [0.5, 0.6) is 0 Å². The van der Waals surface area contributed by atoms with Crippen LogP contribution >= 0.6 is 0 Å². The van der Waals surface area contributed by atoms with E-state index >= 15 is 0 Å². The van der Waals surface area contributed by atoms with Gasteiger partial charge in [0.1, 0.15) is 11.5 Å². The third-order valence-electron chi connectivity index (χ3n) is 4.70. The minimum atomic E-state index is -1.13. The lowest BCUT2D eigenvalue weighted by molar-refractivity contribution is -0.130.